The van der Waals surface area contributed by atoms with Gasteiger partial charge in [0.25, 0.3) is 5.91 Å². The number of carbonyl (C=O) groups excluding carboxylic acids is 1. The van der Waals surface area contributed by atoms with Crippen molar-refractivity contribution in [2.75, 3.05) is 16.8 Å². The lowest BCUT2D eigenvalue weighted by Crippen LogP contribution is -2.23. The van der Waals surface area contributed by atoms with Crippen LogP contribution >= 0.6 is 11.3 Å². The topological polar surface area (TPSA) is 89.1 Å². The van der Waals surface area contributed by atoms with Gasteiger partial charge in [0.05, 0.1) is 17.9 Å². The van der Waals surface area contributed by atoms with E-state index in [-0.39, 0.29) is 11.9 Å². The SMILES string of the molecule is O=C(Nc1nc(C2CCCN2c2ccc(-c3ncco3)cc2)cs1)c1cccn1Cc1ccncc1. The molecule has 6 rings (SSSR count). The molecule has 1 atom stereocenters. The van der Waals surface area contributed by atoms with E-state index in [0.717, 1.165) is 41.9 Å². The Balaban J connectivity index is 1.15. The van der Waals surface area contributed by atoms with Crippen molar-refractivity contribution < 1.29 is 9.21 Å². The van der Waals surface area contributed by atoms with Crippen molar-refractivity contribution in [3.05, 3.63) is 102 Å². The van der Waals surface area contributed by atoms with Gasteiger partial charge < -0.3 is 13.9 Å². The summed E-state index contributed by atoms with van der Waals surface area (Å²) >= 11 is 1.46. The number of nitrogens with one attached hydrogen (secondary N) is 1. The number of pyridine rings is 1. The van der Waals surface area contributed by atoms with Gasteiger partial charge in [-0.3, -0.25) is 15.1 Å². The Hall–Kier alpha value is -4.24. The molecule has 5 aromatic rings. The fourth-order valence-electron chi connectivity index (χ4n) is 4.65. The van der Waals surface area contributed by atoms with E-state index in [1.54, 1.807) is 24.9 Å². The lowest BCUT2D eigenvalue weighted by Gasteiger charge is -2.25. The molecule has 0 saturated carbocycles. The van der Waals surface area contributed by atoms with E-state index in [9.17, 15) is 4.79 Å². The molecule has 4 aromatic heterocycles. The molecule has 9 heteroatoms. The van der Waals surface area contributed by atoms with Gasteiger partial charge in [0.15, 0.2) is 5.13 Å². The molecule has 36 heavy (non-hydrogen) atoms. The van der Waals surface area contributed by atoms with Crippen LogP contribution in [0.2, 0.25) is 0 Å². The summed E-state index contributed by atoms with van der Waals surface area (Å²) in [6.45, 7) is 1.57. The molecule has 1 amide bonds. The first kappa shape index (κ1) is 22.2. The highest BCUT2D eigenvalue weighted by Crippen LogP contribution is 2.37. The van der Waals surface area contributed by atoms with Crippen LogP contribution < -0.4 is 10.2 Å². The molecular weight excluding hydrogens is 472 g/mol. The Morgan fingerprint density at radius 2 is 1.97 bits per heavy atom. The second-order valence-electron chi connectivity index (χ2n) is 8.64. The summed E-state index contributed by atoms with van der Waals surface area (Å²) in [5, 5.41) is 5.65. The molecule has 0 bridgehead atoms. The summed E-state index contributed by atoms with van der Waals surface area (Å²) in [5.41, 5.74) is 4.75. The zero-order valence-corrected chi connectivity index (χ0v) is 20.3. The van der Waals surface area contributed by atoms with Crippen LogP contribution in [0.25, 0.3) is 11.5 Å². The predicted octanol–water partition coefficient (Wildman–Crippen LogP) is 5.64. The molecule has 1 fully saturated rings. The van der Waals surface area contributed by atoms with Crippen LogP contribution in [0.4, 0.5) is 10.8 Å². The Bertz CT molecular complexity index is 1440. The zero-order valence-electron chi connectivity index (χ0n) is 19.4. The predicted molar refractivity (Wildman–Crippen MR) is 139 cm³/mol. The van der Waals surface area contributed by atoms with Crippen LogP contribution in [0.5, 0.6) is 0 Å². The Kier molecular flexibility index (Phi) is 6.05. The van der Waals surface area contributed by atoms with Crippen molar-refractivity contribution in [2.24, 2.45) is 0 Å². The minimum absolute atomic E-state index is 0.166. The molecule has 0 aliphatic carbocycles. The lowest BCUT2D eigenvalue weighted by atomic mass is 10.1. The van der Waals surface area contributed by atoms with Crippen LogP contribution in [0.3, 0.4) is 0 Å². The highest BCUT2D eigenvalue weighted by Gasteiger charge is 2.28. The van der Waals surface area contributed by atoms with Crippen LogP contribution in [0, 0.1) is 0 Å². The van der Waals surface area contributed by atoms with Gasteiger partial charge in [0.2, 0.25) is 5.89 Å². The van der Waals surface area contributed by atoms with Gasteiger partial charge in [0, 0.05) is 48.3 Å². The first-order valence-electron chi connectivity index (χ1n) is 11.8. The summed E-state index contributed by atoms with van der Waals surface area (Å²) in [7, 11) is 0. The molecule has 0 radical (unpaired) electrons. The standard InChI is InChI=1S/C27H24N6O2S/c34-25(24-4-1-14-32(24)17-19-9-11-28-12-10-19)31-27-30-22(18-36-27)23-3-2-15-33(23)21-7-5-20(6-8-21)26-29-13-16-35-26/h1,4-14,16,18,23H,2-3,15,17H2,(H,30,31,34). The molecular formula is C27H24N6O2S. The van der Waals surface area contributed by atoms with E-state index >= 15 is 0 Å². The van der Waals surface area contributed by atoms with Gasteiger partial charge in [-0.2, -0.15) is 0 Å². The third kappa shape index (κ3) is 4.52. The Morgan fingerprint density at radius 1 is 1.11 bits per heavy atom. The summed E-state index contributed by atoms with van der Waals surface area (Å²) < 4.78 is 7.33. The fourth-order valence-corrected chi connectivity index (χ4v) is 5.40. The van der Waals surface area contributed by atoms with E-state index < -0.39 is 0 Å². The van der Waals surface area contributed by atoms with Crippen molar-refractivity contribution in [1.82, 2.24) is 19.5 Å². The maximum atomic E-state index is 13.0. The number of hydrogen-bond donors (Lipinski definition) is 1. The molecule has 5 heterocycles. The second-order valence-corrected chi connectivity index (χ2v) is 9.50. The zero-order chi connectivity index (χ0) is 24.3. The monoisotopic (exact) mass is 496 g/mol. The van der Waals surface area contributed by atoms with E-state index in [2.05, 4.69) is 37.7 Å². The highest BCUT2D eigenvalue weighted by molar-refractivity contribution is 7.14. The Labute approximate surface area is 212 Å². The average molecular weight is 497 g/mol. The molecule has 1 aromatic carbocycles. The van der Waals surface area contributed by atoms with E-state index in [1.165, 1.54) is 11.3 Å². The summed E-state index contributed by atoms with van der Waals surface area (Å²) in [6, 6.07) is 16.0. The minimum atomic E-state index is -0.166. The van der Waals surface area contributed by atoms with E-state index in [0.29, 0.717) is 23.3 Å². The number of oxazole rings is 1. The maximum Gasteiger partial charge on any atom is 0.274 e. The highest BCUT2D eigenvalue weighted by atomic mass is 32.1. The third-order valence-corrected chi connectivity index (χ3v) is 7.16. The molecule has 1 aliphatic rings. The van der Waals surface area contributed by atoms with Gasteiger partial charge in [-0.05, 0) is 66.9 Å². The third-order valence-electron chi connectivity index (χ3n) is 6.38. The summed E-state index contributed by atoms with van der Waals surface area (Å²) in [4.78, 5) is 28.5. The fraction of sp³-hybridized carbons (Fsp3) is 0.185. The van der Waals surface area contributed by atoms with Crippen LogP contribution in [0.1, 0.15) is 40.6 Å². The minimum Gasteiger partial charge on any atom is -0.445 e. The normalized spacial score (nSPS) is 15.3. The molecule has 180 valence electrons. The van der Waals surface area contributed by atoms with E-state index in [1.807, 2.05) is 47.2 Å². The molecule has 8 nitrogen and oxygen atoms in total. The van der Waals surface area contributed by atoms with E-state index in [4.69, 9.17) is 9.40 Å². The van der Waals surface area contributed by atoms with Crippen molar-refractivity contribution >= 4 is 28.1 Å². The van der Waals surface area contributed by atoms with Crippen molar-refractivity contribution in [3.63, 3.8) is 0 Å². The quantitative estimate of drug-likeness (QED) is 0.314. The average Bonchev–Trinajstić information content (AvgIpc) is 3.72. The Morgan fingerprint density at radius 3 is 2.78 bits per heavy atom. The number of carbonyl (C=O) groups is 1. The molecule has 0 spiro atoms. The number of anilines is 2. The molecule has 1 N–H and O–H groups in total. The van der Waals surface area contributed by atoms with Gasteiger partial charge >= 0.3 is 0 Å². The van der Waals surface area contributed by atoms with Crippen LogP contribution in [-0.2, 0) is 6.54 Å². The molecule has 1 unspecified atom stereocenters. The number of rotatable bonds is 7. The van der Waals surface area contributed by atoms with Crippen LogP contribution in [0.15, 0.2) is 89.4 Å². The van der Waals surface area contributed by atoms with Gasteiger partial charge in [-0.15, -0.1) is 11.3 Å². The number of thiazole rings is 1. The molecule has 1 aliphatic heterocycles. The largest absolute Gasteiger partial charge is 0.445 e. The number of aromatic nitrogens is 4. The first-order valence-corrected chi connectivity index (χ1v) is 12.7. The maximum absolute atomic E-state index is 13.0. The number of nitrogens with zero attached hydrogens (tertiary/aromatic N) is 5. The van der Waals surface area contributed by atoms with Crippen molar-refractivity contribution in [3.8, 4) is 11.5 Å². The first-order chi connectivity index (χ1) is 17.7. The van der Waals surface area contributed by atoms with Gasteiger partial charge in [-0.1, -0.05) is 0 Å². The molecule has 1 saturated heterocycles. The van der Waals surface area contributed by atoms with Crippen LogP contribution in [-0.4, -0.2) is 32.0 Å². The van der Waals surface area contributed by atoms with Gasteiger partial charge in [0.1, 0.15) is 12.0 Å². The van der Waals surface area contributed by atoms with Crippen molar-refractivity contribution in [1.29, 1.82) is 0 Å². The number of amides is 1. The van der Waals surface area contributed by atoms with Crippen molar-refractivity contribution in [2.45, 2.75) is 25.4 Å². The summed E-state index contributed by atoms with van der Waals surface area (Å²) in [5.74, 6) is 0.451. The summed E-state index contributed by atoms with van der Waals surface area (Å²) in [6.07, 6.45) is 10.8. The van der Waals surface area contributed by atoms with Gasteiger partial charge in [-0.25, -0.2) is 9.97 Å². The number of benzene rings is 1. The second kappa shape index (κ2) is 9.79. The lowest BCUT2D eigenvalue weighted by molar-refractivity contribution is 0.101. The number of hydrogen-bond acceptors (Lipinski definition) is 7. The smallest absolute Gasteiger partial charge is 0.274 e.